The molecule has 1 aromatic carbocycles. The molecule has 1 aliphatic rings. The number of nitriles is 1. The Morgan fingerprint density at radius 3 is 2.71 bits per heavy atom. The van der Waals surface area contributed by atoms with Gasteiger partial charge in [0.1, 0.15) is 17.2 Å². The SMILES string of the molecule is C[C@@H](c1cccc(C#N)c1)N1CCN(c2ncnc(N)c2Cl)CC1. The average Bonchev–Trinajstić information content (AvgIpc) is 2.63. The molecule has 1 saturated heterocycles. The molecule has 7 heteroatoms. The van der Waals surface area contributed by atoms with E-state index in [1.165, 1.54) is 6.33 Å². The Kier molecular flexibility index (Phi) is 4.84. The Morgan fingerprint density at radius 2 is 2.00 bits per heavy atom. The van der Waals surface area contributed by atoms with Crippen molar-refractivity contribution in [2.45, 2.75) is 13.0 Å². The highest BCUT2D eigenvalue weighted by atomic mass is 35.5. The van der Waals surface area contributed by atoms with Crippen LogP contribution in [0.5, 0.6) is 0 Å². The third-order valence-electron chi connectivity index (χ3n) is 4.46. The van der Waals surface area contributed by atoms with E-state index >= 15 is 0 Å². The topological polar surface area (TPSA) is 82.1 Å². The van der Waals surface area contributed by atoms with E-state index in [2.05, 4.69) is 38.8 Å². The molecule has 1 fully saturated rings. The number of piperazine rings is 1. The summed E-state index contributed by atoms with van der Waals surface area (Å²) in [7, 11) is 0. The van der Waals surface area contributed by atoms with Crippen molar-refractivity contribution in [1.29, 1.82) is 5.26 Å². The molecule has 1 atom stereocenters. The summed E-state index contributed by atoms with van der Waals surface area (Å²) < 4.78 is 0. The molecule has 0 spiro atoms. The standard InChI is InChI=1S/C17H19ClN6/c1-12(14-4-2-3-13(9-14)10-19)23-5-7-24(8-6-23)17-15(18)16(20)21-11-22-17/h2-4,9,11-12H,5-8H2,1H3,(H2,20,21,22)/t12-/m0/s1. The molecule has 0 amide bonds. The number of halogens is 1. The summed E-state index contributed by atoms with van der Waals surface area (Å²) in [5, 5.41) is 9.48. The van der Waals surface area contributed by atoms with Crippen LogP contribution in [0.4, 0.5) is 11.6 Å². The minimum atomic E-state index is 0.256. The highest BCUT2D eigenvalue weighted by Crippen LogP contribution is 2.29. The van der Waals surface area contributed by atoms with Gasteiger partial charge in [0.15, 0.2) is 5.82 Å². The Labute approximate surface area is 146 Å². The Bertz CT molecular complexity index is 764. The van der Waals surface area contributed by atoms with Crippen LogP contribution in [-0.4, -0.2) is 41.0 Å². The first-order valence-corrected chi connectivity index (χ1v) is 8.23. The largest absolute Gasteiger partial charge is 0.382 e. The lowest BCUT2D eigenvalue weighted by Crippen LogP contribution is -2.47. The fourth-order valence-electron chi connectivity index (χ4n) is 2.99. The fourth-order valence-corrected chi connectivity index (χ4v) is 3.21. The maximum atomic E-state index is 9.06. The van der Waals surface area contributed by atoms with Gasteiger partial charge in [-0.15, -0.1) is 0 Å². The summed E-state index contributed by atoms with van der Waals surface area (Å²) in [6, 6.07) is 10.2. The average molecular weight is 343 g/mol. The van der Waals surface area contributed by atoms with Crippen LogP contribution in [0.1, 0.15) is 24.1 Å². The van der Waals surface area contributed by atoms with Gasteiger partial charge in [-0.2, -0.15) is 5.26 Å². The number of nitrogens with two attached hydrogens (primary N) is 1. The molecule has 6 nitrogen and oxygen atoms in total. The van der Waals surface area contributed by atoms with Crippen molar-refractivity contribution < 1.29 is 0 Å². The first kappa shape index (κ1) is 16.5. The van der Waals surface area contributed by atoms with Crippen molar-refractivity contribution in [3.05, 3.63) is 46.7 Å². The van der Waals surface area contributed by atoms with Gasteiger partial charge in [-0.05, 0) is 24.6 Å². The van der Waals surface area contributed by atoms with Gasteiger partial charge < -0.3 is 10.6 Å². The number of anilines is 2. The number of nitrogens with zero attached hydrogens (tertiary/aromatic N) is 5. The molecule has 2 N–H and O–H groups in total. The predicted octanol–water partition coefficient (Wildman–Crippen LogP) is 2.47. The van der Waals surface area contributed by atoms with Crippen molar-refractivity contribution in [2.75, 3.05) is 36.8 Å². The van der Waals surface area contributed by atoms with E-state index in [1.54, 1.807) is 0 Å². The summed E-state index contributed by atoms with van der Waals surface area (Å²) in [6.07, 6.45) is 1.44. The first-order chi connectivity index (χ1) is 11.6. The highest BCUT2D eigenvalue weighted by molar-refractivity contribution is 6.35. The number of aromatic nitrogens is 2. The van der Waals surface area contributed by atoms with Crippen molar-refractivity contribution >= 4 is 23.2 Å². The monoisotopic (exact) mass is 342 g/mol. The molecule has 24 heavy (non-hydrogen) atoms. The molecule has 2 aromatic rings. The third kappa shape index (κ3) is 3.28. The van der Waals surface area contributed by atoms with Crippen molar-refractivity contribution in [2.24, 2.45) is 0 Å². The van der Waals surface area contributed by atoms with Crippen LogP contribution in [-0.2, 0) is 0 Å². The molecular formula is C17H19ClN6. The normalized spacial score (nSPS) is 16.6. The number of nitrogen functional groups attached to an aromatic ring is 1. The smallest absolute Gasteiger partial charge is 0.153 e. The summed E-state index contributed by atoms with van der Waals surface area (Å²) in [6.45, 7) is 5.58. The molecule has 0 aliphatic carbocycles. The molecule has 3 rings (SSSR count). The molecule has 0 unspecified atom stereocenters. The maximum absolute atomic E-state index is 9.06. The van der Waals surface area contributed by atoms with Gasteiger partial charge in [0.2, 0.25) is 0 Å². The second-order valence-electron chi connectivity index (χ2n) is 5.83. The number of hydrogen-bond acceptors (Lipinski definition) is 6. The second kappa shape index (κ2) is 7.04. The Hall–Kier alpha value is -2.36. The van der Waals surface area contributed by atoms with E-state index in [-0.39, 0.29) is 6.04 Å². The van der Waals surface area contributed by atoms with Gasteiger partial charge in [0.05, 0.1) is 11.6 Å². The Morgan fingerprint density at radius 1 is 1.25 bits per heavy atom. The van der Waals surface area contributed by atoms with Crippen LogP contribution < -0.4 is 10.6 Å². The molecule has 0 bridgehead atoms. The molecular weight excluding hydrogens is 324 g/mol. The molecule has 0 saturated carbocycles. The second-order valence-corrected chi connectivity index (χ2v) is 6.21. The van der Waals surface area contributed by atoms with Crippen molar-refractivity contribution in [1.82, 2.24) is 14.9 Å². The lowest BCUT2D eigenvalue weighted by atomic mass is 10.0. The van der Waals surface area contributed by atoms with Crippen LogP contribution >= 0.6 is 11.6 Å². The molecule has 1 aromatic heterocycles. The van der Waals surface area contributed by atoms with Crippen LogP contribution in [0, 0.1) is 11.3 Å². The number of rotatable bonds is 3. The Balaban J connectivity index is 1.68. The minimum absolute atomic E-state index is 0.256. The van der Waals surface area contributed by atoms with E-state index in [4.69, 9.17) is 22.6 Å². The van der Waals surface area contributed by atoms with E-state index in [0.29, 0.717) is 22.2 Å². The van der Waals surface area contributed by atoms with Gasteiger partial charge in [0, 0.05) is 32.2 Å². The summed E-state index contributed by atoms with van der Waals surface area (Å²) >= 11 is 6.22. The van der Waals surface area contributed by atoms with Gasteiger partial charge in [-0.25, -0.2) is 9.97 Å². The van der Waals surface area contributed by atoms with Crippen LogP contribution in [0.15, 0.2) is 30.6 Å². The highest BCUT2D eigenvalue weighted by Gasteiger charge is 2.24. The van der Waals surface area contributed by atoms with Gasteiger partial charge in [0.25, 0.3) is 0 Å². The molecule has 1 aliphatic heterocycles. The van der Waals surface area contributed by atoms with Gasteiger partial charge in [-0.3, -0.25) is 4.90 Å². The minimum Gasteiger partial charge on any atom is -0.382 e. The van der Waals surface area contributed by atoms with Crippen molar-refractivity contribution in [3.8, 4) is 6.07 Å². The zero-order valence-electron chi connectivity index (χ0n) is 13.5. The van der Waals surface area contributed by atoms with Crippen LogP contribution in [0.2, 0.25) is 5.02 Å². The number of benzene rings is 1. The van der Waals surface area contributed by atoms with E-state index < -0.39 is 0 Å². The predicted molar refractivity (Wildman–Crippen MR) is 94.8 cm³/mol. The van der Waals surface area contributed by atoms with E-state index in [9.17, 15) is 0 Å². The molecule has 124 valence electrons. The lowest BCUT2D eigenvalue weighted by molar-refractivity contribution is 0.198. The third-order valence-corrected chi connectivity index (χ3v) is 4.82. The first-order valence-electron chi connectivity index (χ1n) is 7.85. The summed E-state index contributed by atoms with van der Waals surface area (Å²) in [5.41, 5.74) is 7.61. The van der Waals surface area contributed by atoms with Crippen LogP contribution in [0.25, 0.3) is 0 Å². The van der Waals surface area contributed by atoms with Crippen LogP contribution in [0.3, 0.4) is 0 Å². The zero-order chi connectivity index (χ0) is 17.1. The zero-order valence-corrected chi connectivity index (χ0v) is 14.2. The molecule has 0 radical (unpaired) electrons. The summed E-state index contributed by atoms with van der Waals surface area (Å²) in [4.78, 5) is 12.7. The van der Waals surface area contributed by atoms with E-state index in [1.807, 2.05) is 18.2 Å². The maximum Gasteiger partial charge on any atom is 0.153 e. The molecule has 2 heterocycles. The lowest BCUT2D eigenvalue weighted by Gasteiger charge is -2.39. The van der Waals surface area contributed by atoms with E-state index in [0.717, 1.165) is 31.7 Å². The van der Waals surface area contributed by atoms with Gasteiger partial charge >= 0.3 is 0 Å². The number of hydrogen-bond donors (Lipinski definition) is 1. The summed E-state index contributed by atoms with van der Waals surface area (Å²) in [5.74, 6) is 1.01. The van der Waals surface area contributed by atoms with Crippen molar-refractivity contribution in [3.63, 3.8) is 0 Å². The quantitative estimate of drug-likeness (QED) is 0.922. The fraction of sp³-hybridized carbons (Fsp3) is 0.353. The van der Waals surface area contributed by atoms with Gasteiger partial charge in [-0.1, -0.05) is 23.7 Å².